The Kier molecular flexibility index (Phi) is 3.68. The molecule has 1 aromatic rings. The summed E-state index contributed by atoms with van der Waals surface area (Å²) in [5.41, 5.74) is 0.855. The van der Waals surface area contributed by atoms with E-state index >= 15 is 0 Å². The maximum atomic E-state index is 12.5. The van der Waals surface area contributed by atoms with Gasteiger partial charge in [0.1, 0.15) is 12.3 Å². The maximum absolute atomic E-state index is 12.5. The van der Waals surface area contributed by atoms with Crippen LogP contribution >= 0.6 is 0 Å². The molecule has 3 rings (SSSR count). The van der Waals surface area contributed by atoms with Crippen molar-refractivity contribution < 1.29 is 19.4 Å². The van der Waals surface area contributed by atoms with Crippen LogP contribution < -0.4 is 10.1 Å². The van der Waals surface area contributed by atoms with Crippen molar-refractivity contribution in [3.05, 3.63) is 24.3 Å². The predicted molar refractivity (Wildman–Crippen MR) is 76.3 cm³/mol. The summed E-state index contributed by atoms with van der Waals surface area (Å²) >= 11 is 0. The third kappa shape index (κ3) is 3.26. The SMILES string of the molecule is O=C(O)CN(CC1CC1)C(=O)C1CNc2ccccc2O1. The second kappa shape index (κ2) is 5.63. The normalized spacial score (nSPS) is 19.9. The number of carboxylic acid groups (broad SMARTS) is 1. The highest BCUT2D eigenvalue weighted by Gasteiger charge is 2.34. The van der Waals surface area contributed by atoms with Crippen molar-refractivity contribution in [1.29, 1.82) is 0 Å². The number of amides is 1. The number of anilines is 1. The molecule has 21 heavy (non-hydrogen) atoms. The molecular weight excluding hydrogens is 272 g/mol. The number of aliphatic carboxylic acids is 1. The molecule has 2 N–H and O–H groups in total. The van der Waals surface area contributed by atoms with Gasteiger partial charge in [-0.25, -0.2) is 0 Å². The Bertz CT molecular complexity index is 556. The number of hydrogen-bond acceptors (Lipinski definition) is 4. The van der Waals surface area contributed by atoms with E-state index in [9.17, 15) is 9.59 Å². The third-order valence-electron chi connectivity index (χ3n) is 3.72. The molecule has 1 aliphatic heterocycles. The number of carbonyl (C=O) groups excluding carboxylic acids is 1. The summed E-state index contributed by atoms with van der Waals surface area (Å²) in [4.78, 5) is 24.9. The van der Waals surface area contributed by atoms with Gasteiger partial charge in [-0.3, -0.25) is 9.59 Å². The molecule has 1 aromatic carbocycles. The van der Waals surface area contributed by atoms with Crippen molar-refractivity contribution in [1.82, 2.24) is 4.90 Å². The number of fused-ring (bicyclic) bond motifs is 1. The number of ether oxygens (including phenoxy) is 1. The Morgan fingerprint density at radius 3 is 2.81 bits per heavy atom. The van der Waals surface area contributed by atoms with E-state index in [4.69, 9.17) is 9.84 Å². The Balaban J connectivity index is 1.69. The fourth-order valence-electron chi connectivity index (χ4n) is 2.46. The van der Waals surface area contributed by atoms with Gasteiger partial charge in [0, 0.05) is 6.54 Å². The predicted octanol–water partition coefficient (Wildman–Crippen LogP) is 1.18. The summed E-state index contributed by atoms with van der Waals surface area (Å²) in [6.07, 6.45) is 1.46. The summed E-state index contributed by atoms with van der Waals surface area (Å²) in [5, 5.41) is 12.1. The number of rotatable bonds is 5. The van der Waals surface area contributed by atoms with E-state index in [1.54, 1.807) is 6.07 Å². The molecule has 1 atom stereocenters. The molecule has 0 spiro atoms. The van der Waals surface area contributed by atoms with E-state index in [0.717, 1.165) is 18.5 Å². The van der Waals surface area contributed by atoms with Crippen LogP contribution in [0.4, 0.5) is 5.69 Å². The Morgan fingerprint density at radius 2 is 2.10 bits per heavy atom. The zero-order valence-corrected chi connectivity index (χ0v) is 11.6. The van der Waals surface area contributed by atoms with Crippen LogP contribution in [0, 0.1) is 5.92 Å². The lowest BCUT2D eigenvalue weighted by molar-refractivity contribution is -0.147. The van der Waals surface area contributed by atoms with Crippen LogP contribution in [0.2, 0.25) is 0 Å². The number of nitrogens with zero attached hydrogens (tertiary/aromatic N) is 1. The maximum Gasteiger partial charge on any atom is 0.323 e. The number of carboxylic acids is 1. The first kappa shape index (κ1) is 13.7. The molecule has 1 amide bonds. The lowest BCUT2D eigenvalue weighted by Crippen LogP contribution is -2.49. The van der Waals surface area contributed by atoms with Crippen LogP contribution in [0.5, 0.6) is 5.75 Å². The van der Waals surface area contributed by atoms with Crippen LogP contribution in [0.3, 0.4) is 0 Å². The van der Waals surface area contributed by atoms with Crippen LogP contribution in [-0.2, 0) is 9.59 Å². The van der Waals surface area contributed by atoms with Crippen molar-refractivity contribution in [3.63, 3.8) is 0 Å². The largest absolute Gasteiger partial charge is 0.480 e. The van der Waals surface area contributed by atoms with Crippen LogP contribution in [0.25, 0.3) is 0 Å². The molecule has 6 heteroatoms. The van der Waals surface area contributed by atoms with Gasteiger partial charge in [0.05, 0.1) is 12.2 Å². The highest BCUT2D eigenvalue weighted by Crippen LogP contribution is 2.31. The first-order chi connectivity index (χ1) is 10.1. The van der Waals surface area contributed by atoms with Crippen LogP contribution in [0.15, 0.2) is 24.3 Å². The van der Waals surface area contributed by atoms with E-state index in [1.165, 1.54) is 4.90 Å². The molecule has 0 saturated heterocycles. The fraction of sp³-hybridized carbons (Fsp3) is 0.467. The van der Waals surface area contributed by atoms with Crippen LogP contribution in [-0.4, -0.2) is 47.6 Å². The number of hydrogen-bond donors (Lipinski definition) is 2. The third-order valence-corrected chi connectivity index (χ3v) is 3.72. The first-order valence-electron chi connectivity index (χ1n) is 7.13. The zero-order chi connectivity index (χ0) is 14.8. The van der Waals surface area contributed by atoms with Crippen molar-refractivity contribution in [3.8, 4) is 5.75 Å². The minimum absolute atomic E-state index is 0.258. The van der Waals surface area contributed by atoms with E-state index < -0.39 is 12.1 Å². The molecule has 2 aliphatic rings. The summed E-state index contributed by atoms with van der Waals surface area (Å²) < 4.78 is 5.71. The van der Waals surface area contributed by atoms with Gasteiger partial charge in [-0.2, -0.15) is 0 Å². The van der Waals surface area contributed by atoms with Crippen molar-refractivity contribution in [2.75, 3.05) is 25.0 Å². The molecule has 1 unspecified atom stereocenters. The second-order valence-electron chi connectivity index (χ2n) is 5.54. The summed E-state index contributed by atoms with van der Waals surface area (Å²) in [6, 6.07) is 7.41. The van der Waals surface area contributed by atoms with Gasteiger partial charge in [-0.05, 0) is 30.9 Å². The standard InChI is InChI=1S/C15H18N2O4/c18-14(19)9-17(8-10-5-6-10)15(20)13-7-16-11-3-1-2-4-12(11)21-13/h1-4,10,13,16H,5-9H2,(H,18,19). The lowest BCUT2D eigenvalue weighted by Gasteiger charge is -2.30. The smallest absolute Gasteiger partial charge is 0.323 e. The van der Waals surface area contributed by atoms with E-state index in [1.807, 2.05) is 18.2 Å². The second-order valence-corrected chi connectivity index (χ2v) is 5.54. The topological polar surface area (TPSA) is 78.9 Å². The summed E-state index contributed by atoms with van der Waals surface area (Å²) in [6.45, 7) is 0.597. The average molecular weight is 290 g/mol. The van der Waals surface area contributed by atoms with E-state index in [-0.39, 0.29) is 12.5 Å². The quantitative estimate of drug-likeness (QED) is 0.851. The summed E-state index contributed by atoms with van der Waals surface area (Å²) in [7, 11) is 0. The molecule has 1 fully saturated rings. The molecule has 0 bridgehead atoms. The highest BCUT2D eigenvalue weighted by molar-refractivity contribution is 5.86. The summed E-state index contributed by atoms with van der Waals surface area (Å²) in [5.74, 6) is -0.180. The van der Waals surface area contributed by atoms with Crippen molar-refractivity contribution in [2.45, 2.75) is 18.9 Å². The Labute approximate surface area is 122 Å². The van der Waals surface area contributed by atoms with Gasteiger partial charge in [0.2, 0.25) is 0 Å². The van der Waals surface area contributed by atoms with Gasteiger partial charge < -0.3 is 20.1 Å². The van der Waals surface area contributed by atoms with Crippen LogP contribution in [0.1, 0.15) is 12.8 Å². The molecular formula is C15H18N2O4. The Hall–Kier alpha value is -2.24. The monoisotopic (exact) mass is 290 g/mol. The molecule has 1 heterocycles. The molecule has 112 valence electrons. The van der Waals surface area contributed by atoms with E-state index in [2.05, 4.69) is 5.32 Å². The van der Waals surface area contributed by atoms with E-state index in [0.29, 0.717) is 24.8 Å². The van der Waals surface area contributed by atoms with Gasteiger partial charge in [-0.15, -0.1) is 0 Å². The average Bonchev–Trinajstić information content (AvgIpc) is 3.29. The number of nitrogens with one attached hydrogen (secondary N) is 1. The minimum Gasteiger partial charge on any atom is -0.480 e. The van der Waals surface area contributed by atoms with Crippen molar-refractivity contribution in [2.24, 2.45) is 5.92 Å². The van der Waals surface area contributed by atoms with Gasteiger partial charge in [0.15, 0.2) is 6.10 Å². The highest BCUT2D eigenvalue weighted by atomic mass is 16.5. The minimum atomic E-state index is -0.992. The van der Waals surface area contributed by atoms with Gasteiger partial charge >= 0.3 is 5.97 Å². The fourth-order valence-corrected chi connectivity index (χ4v) is 2.46. The number of para-hydroxylation sites is 2. The zero-order valence-electron chi connectivity index (χ0n) is 11.6. The van der Waals surface area contributed by atoms with Gasteiger partial charge in [-0.1, -0.05) is 12.1 Å². The number of benzene rings is 1. The Morgan fingerprint density at radius 1 is 1.33 bits per heavy atom. The van der Waals surface area contributed by atoms with Crippen molar-refractivity contribution >= 4 is 17.6 Å². The molecule has 0 radical (unpaired) electrons. The molecule has 1 aliphatic carbocycles. The number of carbonyl (C=O) groups is 2. The molecule has 6 nitrogen and oxygen atoms in total. The lowest BCUT2D eigenvalue weighted by atomic mass is 10.2. The molecule has 1 saturated carbocycles. The van der Waals surface area contributed by atoms with Gasteiger partial charge in [0.25, 0.3) is 5.91 Å². The molecule has 0 aromatic heterocycles. The first-order valence-corrected chi connectivity index (χ1v) is 7.13.